The molecule has 0 radical (unpaired) electrons. The van der Waals surface area contributed by atoms with Crippen LogP contribution in [0.1, 0.15) is 0 Å². The number of pyridine rings is 1. The first-order chi connectivity index (χ1) is 27.2. The summed E-state index contributed by atoms with van der Waals surface area (Å²) >= 11 is 0. The molecule has 0 unspecified atom stereocenters. The summed E-state index contributed by atoms with van der Waals surface area (Å²) in [4.78, 5) is 4.58. The maximum atomic E-state index is 6.32. The minimum atomic E-state index is 0.805. The summed E-state index contributed by atoms with van der Waals surface area (Å²) in [5.74, 6) is 0. The number of hydrogen-bond donors (Lipinski definition) is 0. The first-order valence-electron chi connectivity index (χ1n) is 18.8. The minimum Gasteiger partial charge on any atom is -0.454 e. The maximum Gasteiger partial charge on any atom is 0.153 e. The molecule has 0 spiro atoms. The van der Waals surface area contributed by atoms with Crippen molar-refractivity contribution in [2.24, 2.45) is 0 Å². The summed E-state index contributed by atoms with van der Waals surface area (Å²) in [5, 5.41) is 8.79. The molecular weight excluding hydrogens is 667 g/mol. The molecule has 0 amide bonds. The van der Waals surface area contributed by atoms with Gasteiger partial charge in [0, 0.05) is 17.1 Å². The standard InChI is InChI=1S/C53H33NO/c1-2-21-46-44(19-1)45-20-3-4-22-47(45)50-33-41(26-27-48(46)50)39-16-7-14-37(31-39)35-12-5-11-34(29-35)36-13-6-15-38(30-36)40-17-8-18-42(32-40)43-23-9-24-49-52-51(55-53(43)49)25-10-28-54-52/h1-33H. The van der Waals surface area contributed by atoms with Crippen LogP contribution in [0.25, 0.3) is 110 Å². The largest absolute Gasteiger partial charge is 0.454 e. The van der Waals surface area contributed by atoms with Crippen LogP contribution in [0.3, 0.4) is 0 Å². The van der Waals surface area contributed by atoms with Crippen molar-refractivity contribution in [3.8, 4) is 55.6 Å². The lowest BCUT2D eigenvalue weighted by Gasteiger charge is -2.13. The molecule has 256 valence electrons. The van der Waals surface area contributed by atoms with Crippen LogP contribution in [0.4, 0.5) is 0 Å². The Labute approximate surface area is 318 Å². The van der Waals surface area contributed by atoms with Crippen molar-refractivity contribution in [2.75, 3.05) is 0 Å². The third-order valence-corrected chi connectivity index (χ3v) is 11.1. The third kappa shape index (κ3) is 5.30. The van der Waals surface area contributed by atoms with Crippen molar-refractivity contribution < 1.29 is 4.42 Å². The number of hydrogen-bond acceptors (Lipinski definition) is 2. The van der Waals surface area contributed by atoms with E-state index in [2.05, 4.69) is 187 Å². The molecule has 0 fully saturated rings. The van der Waals surface area contributed by atoms with Gasteiger partial charge in [0.25, 0.3) is 0 Å². The van der Waals surface area contributed by atoms with Gasteiger partial charge in [0.2, 0.25) is 0 Å². The summed E-state index contributed by atoms with van der Waals surface area (Å²) in [7, 11) is 0. The highest BCUT2D eigenvalue weighted by atomic mass is 16.3. The fraction of sp³-hybridized carbons (Fsp3) is 0. The van der Waals surface area contributed by atoms with Crippen LogP contribution in [0.2, 0.25) is 0 Å². The van der Waals surface area contributed by atoms with Crippen molar-refractivity contribution in [3.63, 3.8) is 0 Å². The zero-order valence-corrected chi connectivity index (χ0v) is 29.9. The van der Waals surface area contributed by atoms with E-state index < -0.39 is 0 Å². The Morgan fingerprint density at radius 2 is 0.709 bits per heavy atom. The van der Waals surface area contributed by atoms with Crippen molar-refractivity contribution in [3.05, 3.63) is 200 Å². The van der Waals surface area contributed by atoms with Crippen LogP contribution in [0.15, 0.2) is 205 Å². The Morgan fingerprint density at radius 1 is 0.291 bits per heavy atom. The molecule has 2 heteroatoms. The van der Waals surface area contributed by atoms with Gasteiger partial charge in [-0.15, -0.1) is 0 Å². The summed E-state index contributed by atoms with van der Waals surface area (Å²) in [6.45, 7) is 0. The van der Waals surface area contributed by atoms with Gasteiger partial charge in [-0.05, 0) is 131 Å². The third-order valence-electron chi connectivity index (χ3n) is 11.1. The summed E-state index contributed by atoms with van der Waals surface area (Å²) in [6, 6.07) is 70.1. The lowest BCUT2D eigenvalue weighted by Crippen LogP contribution is -1.86. The highest BCUT2D eigenvalue weighted by Gasteiger charge is 2.14. The normalized spacial score (nSPS) is 11.6. The molecule has 2 aromatic heterocycles. The summed E-state index contributed by atoms with van der Waals surface area (Å²) in [6.07, 6.45) is 1.82. The molecule has 2 heterocycles. The zero-order chi connectivity index (χ0) is 36.3. The van der Waals surface area contributed by atoms with Gasteiger partial charge in [-0.25, -0.2) is 0 Å². The molecular formula is C53H33NO. The Balaban J connectivity index is 0.936. The number of nitrogens with zero attached hydrogens (tertiary/aromatic N) is 1. The smallest absolute Gasteiger partial charge is 0.153 e. The lowest BCUT2D eigenvalue weighted by atomic mass is 9.91. The first-order valence-corrected chi connectivity index (χ1v) is 18.8. The second kappa shape index (κ2) is 12.7. The molecule has 0 N–H and O–H groups in total. The molecule has 11 rings (SSSR count). The molecule has 0 aliphatic heterocycles. The van der Waals surface area contributed by atoms with Gasteiger partial charge >= 0.3 is 0 Å². The molecule has 11 aromatic rings. The number of aromatic nitrogens is 1. The number of fused-ring (bicyclic) bond motifs is 9. The Bertz CT molecular complexity index is 3240. The fourth-order valence-electron chi connectivity index (χ4n) is 8.43. The SMILES string of the molecule is c1cc(-c2cccc(-c3cccc(-c4cccc5c4oc4cccnc45)c3)c2)cc(-c2cccc(-c3ccc4c5ccccc5c5ccccc5c4c3)c2)c1. The van der Waals surface area contributed by atoms with Gasteiger partial charge in [-0.1, -0.05) is 146 Å². The minimum absolute atomic E-state index is 0.805. The summed E-state index contributed by atoms with van der Waals surface area (Å²) < 4.78 is 6.32. The number of para-hydroxylation sites is 1. The van der Waals surface area contributed by atoms with Crippen molar-refractivity contribution >= 4 is 54.4 Å². The topological polar surface area (TPSA) is 26.0 Å². The zero-order valence-electron chi connectivity index (χ0n) is 29.9. The van der Waals surface area contributed by atoms with Crippen LogP contribution in [0.5, 0.6) is 0 Å². The van der Waals surface area contributed by atoms with Crippen molar-refractivity contribution in [1.29, 1.82) is 0 Å². The van der Waals surface area contributed by atoms with Crippen molar-refractivity contribution in [2.45, 2.75) is 0 Å². The Morgan fingerprint density at radius 3 is 1.25 bits per heavy atom. The molecule has 9 aromatic carbocycles. The second-order valence-electron chi connectivity index (χ2n) is 14.3. The van der Waals surface area contributed by atoms with Gasteiger partial charge in [-0.3, -0.25) is 4.98 Å². The van der Waals surface area contributed by atoms with E-state index in [1.54, 1.807) is 0 Å². The van der Waals surface area contributed by atoms with Crippen LogP contribution in [0, 0.1) is 0 Å². The first kappa shape index (κ1) is 31.3. The molecule has 0 bridgehead atoms. The molecule has 0 atom stereocenters. The lowest BCUT2D eigenvalue weighted by molar-refractivity contribution is 0.669. The van der Waals surface area contributed by atoms with E-state index in [1.165, 1.54) is 71.3 Å². The summed E-state index contributed by atoms with van der Waals surface area (Å²) in [5.41, 5.74) is 14.2. The predicted octanol–water partition coefficient (Wildman–Crippen LogP) is 14.8. The Hall–Kier alpha value is -7.29. The van der Waals surface area contributed by atoms with E-state index in [-0.39, 0.29) is 0 Å². The van der Waals surface area contributed by atoms with E-state index >= 15 is 0 Å². The predicted molar refractivity (Wildman–Crippen MR) is 231 cm³/mol. The van der Waals surface area contributed by atoms with Crippen LogP contribution in [-0.2, 0) is 0 Å². The van der Waals surface area contributed by atoms with Gasteiger partial charge in [0.1, 0.15) is 11.1 Å². The van der Waals surface area contributed by atoms with Crippen LogP contribution in [-0.4, -0.2) is 4.98 Å². The van der Waals surface area contributed by atoms with Gasteiger partial charge in [0.05, 0.1) is 0 Å². The van der Waals surface area contributed by atoms with Crippen molar-refractivity contribution in [1.82, 2.24) is 4.98 Å². The van der Waals surface area contributed by atoms with Gasteiger partial charge in [0.15, 0.2) is 5.58 Å². The van der Waals surface area contributed by atoms with E-state index in [1.807, 2.05) is 18.3 Å². The van der Waals surface area contributed by atoms with Gasteiger partial charge in [-0.2, -0.15) is 0 Å². The highest BCUT2D eigenvalue weighted by Crippen LogP contribution is 2.39. The van der Waals surface area contributed by atoms with Crippen LogP contribution < -0.4 is 0 Å². The molecule has 0 saturated heterocycles. The fourth-order valence-corrected chi connectivity index (χ4v) is 8.43. The molecule has 55 heavy (non-hydrogen) atoms. The molecule has 0 aliphatic carbocycles. The van der Waals surface area contributed by atoms with E-state index in [4.69, 9.17) is 4.42 Å². The number of rotatable bonds is 5. The quantitative estimate of drug-likeness (QED) is 0.167. The van der Waals surface area contributed by atoms with Gasteiger partial charge < -0.3 is 4.42 Å². The Kier molecular flexibility index (Phi) is 7.21. The van der Waals surface area contributed by atoms with E-state index in [0.717, 1.165) is 38.8 Å². The average Bonchev–Trinajstić information content (AvgIpc) is 3.66. The molecule has 0 saturated carbocycles. The highest BCUT2D eigenvalue weighted by molar-refractivity contribution is 6.25. The second-order valence-corrected chi connectivity index (χ2v) is 14.3. The van der Waals surface area contributed by atoms with Crippen LogP contribution >= 0.6 is 0 Å². The average molecular weight is 700 g/mol. The van der Waals surface area contributed by atoms with E-state index in [0.29, 0.717) is 0 Å². The number of benzene rings is 9. The van der Waals surface area contributed by atoms with E-state index in [9.17, 15) is 0 Å². The monoisotopic (exact) mass is 699 g/mol. The molecule has 0 aliphatic rings. The number of furan rings is 1. The molecule has 2 nitrogen and oxygen atoms in total. The maximum absolute atomic E-state index is 6.32.